The fourth-order valence-corrected chi connectivity index (χ4v) is 2.36. The minimum Gasteiger partial charge on any atom is -0.462 e. The molecule has 2 aromatic carbocycles. The second kappa shape index (κ2) is 7.34. The maximum absolute atomic E-state index is 11.5. The van der Waals surface area contributed by atoms with Crippen LogP contribution in [-0.4, -0.2) is 12.6 Å². The molecule has 0 aliphatic rings. The van der Waals surface area contributed by atoms with Crippen molar-refractivity contribution >= 4 is 34.9 Å². The number of halogens is 2. The Labute approximate surface area is 133 Å². The zero-order valence-electron chi connectivity index (χ0n) is 11.5. The minimum absolute atomic E-state index is 0.321. The van der Waals surface area contributed by atoms with E-state index in [1.54, 1.807) is 31.2 Å². The van der Waals surface area contributed by atoms with Crippen LogP contribution in [0.25, 0.3) is 0 Å². The number of ether oxygens (including phenoxy) is 1. The number of carbonyl (C=O) groups excluding carboxylic acids is 1. The van der Waals surface area contributed by atoms with Crippen molar-refractivity contribution in [3.63, 3.8) is 0 Å². The molecule has 0 bridgehead atoms. The molecular formula is C16H15Cl2NO2. The lowest BCUT2D eigenvalue weighted by Gasteiger charge is -2.10. The Bertz CT molecular complexity index is 606. The largest absolute Gasteiger partial charge is 0.462 e. The van der Waals surface area contributed by atoms with Gasteiger partial charge in [-0.05, 0) is 43.3 Å². The van der Waals surface area contributed by atoms with Crippen LogP contribution in [0.3, 0.4) is 0 Å². The van der Waals surface area contributed by atoms with Crippen molar-refractivity contribution in [2.75, 3.05) is 11.9 Å². The highest BCUT2D eigenvalue weighted by atomic mass is 35.5. The van der Waals surface area contributed by atoms with Gasteiger partial charge in [0.15, 0.2) is 0 Å². The van der Waals surface area contributed by atoms with Gasteiger partial charge in [0.1, 0.15) is 0 Å². The van der Waals surface area contributed by atoms with E-state index in [0.29, 0.717) is 28.8 Å². The first-order valence-corrected chi connectivity index (χ1v) is 7.31. The molecule has 21 heavy (non-hydrogen) atoms. The lowest BCUT2D eigenvalue weighted by molar-refractivity contribution is 0.0526. The monoisotopic (exact) mass is 323 g/mol. The molecule has 0 fully saturated rings. The molecule has 0 aliphatic heterocycles. The molecule has 2 rings (SSSR count). The average Bonchev–Trinajstić information content (AvgIpc) is 2.47. The van der Waals surface area contributed by atoms with E-state index in [1.165, 1.54) is 0 Å². The summed E-state index contributed by atoms with van der Waals surface area (Å²) in [7, 11) is 0. The second-order valence-electron chi connectivity index (χ2n) is 4.35. The van der Waals surface area contributed by atoms with E-state index >= 15 is 0 Å². The zero-order chi connectivity index (χ0) is 15.2. The van der Waals surface area contributed by atoms with E-state index in [1.807, 2.05) is 18.2 Å². The van der Waals surface area contributed by atoms with E-state index in [-0.39, 0.29) is 5.97 Å². The van der Waals surface area contributed by atoms with Crippen molar-refractivity contribution in [1.29, 1.82) is 0 Å². The van der Waals surface area contributed by atoms with E-state index in [4.69, 9.17) is 27.9 Å². The Hall–Kier alpha value is -1.71. The summed E-state index contributed by atoms with van der Waals surface area (Å²) in [5.41, 5.74) is 2.24. The molecule has 0 atom stereocenters. The molecule has 0 saturated heterocycles. The lowest BCUT2D eigenvalue weighted by Crippen LogP contribution is -2.05. The van der Waals surface area contributed by atoms with Gasteiger partial charge < -0.3 is 10.1 Å². The molecule has 0 aromatic heterocycles. The van der Waals surface area contributed by atoms with Gasteiger partial charge in [-0.1, -0.05) is 29.3 Å². The normalized spacial score (nSPS) is 10.2. The Morgan fingerprint density at radius 2 is 1.71 bits per heavy atom. The van der Waals surface area contributed by atoms with Gasteiger partial charge in [-0.15, -0.1) is 0 Å². The zero-order valence-corrected chi connectivity index (χ0v) is 13.0. The van der Waals surface area contributed by atoms with Crippen LogP contribution in [0, 0.1) is 0 Å². The van der Waals surface area contributed by atoms with Crippen molar-refractivity contribution in [3.05, 3.63) is 63.6 Å². The summed E-state index contributed by atoms with van der Waals surface area (Å²) in [5.74, 6) is -0.321. The molecule has 0 amide bonds. The third-order valence-electron chi connectivity index (χ3n) is 2.93. The number of esters is 1. The molecule has 0 heterocycles. The van der Waals surface area contributed by atoms with Crippen molar-refractivity contribution in [1.82, 2.24) is 0 Å². The SMILES string of the molecule is CCOC(=O)c1ccc(NCc2c(Cl)cccc2Cl)cc1. The van der Waals surface area contributed by atoms with Crippen LogP contribution in [0.4, 0.5) is 5.69 Å². The van der Waals surface area contributed by atoms with E-state index in [0.717, 1.165) is 11.3 Å². The molecule has 5 heteroatoms. The second-order valence-corrected chi connectivity index (χ2v) is 5.17. The lowest BCUT2D eigenvalue weighted by atomic mass is 10.2. The van der Waals surface area contributed by atoms with Crippen LogP contribution in [0.5, 0.6) is 0 Å². The standard InChI is InChI=1S/C16H15Cl2NO2/c1-2-21-16(20)11-6-8-12(9-7-11)19-10-13-14(17)4-3-5-15(13)18/h3-9,19H,2,10H2,1H3. The van der Waals surface area contributed by atoms with Gasteiger partial charge in [-0.2, -0.15) is 0 Å². The maximum atomic E-state index is 11.5. The van der Waals surface area contributed by atoms with Crippen LogP contribution in [0.2, 0.25) is 10.0 Å². The summed E-state index contributed by atoms with van der Waals surface area (Å²) >= 11 is 12.2. The highest BCUT2D eigenvalue weighted by Crippen LogP contribution is 2.25. The Morgan fingerprint density at radius 3 is 2.29 bits per heavy atom. The summed E-state index contributed by atoms with van der Waals surface area (Å²) in [4.78, 5) is 11.5. The van der Waals surface area contributed by atoms with Gasteiger partial charge in [0.05, 0.1) is 12.2 Å². The summed E-state index contributed by atoms with van der Waals surface area (Å²) in [5, 5.41) is 4.47. The average molecular weight is 324 g/mol. The first kappa shape index (κ1) is 15.7. The number of anilines is 1. The predicted octanol–water partition coefficient (Wildman–Crippen LogP) is 4.78. The van der Waals surface area contributed by atoms with Gasteiger partial charge in [0.25, 0.3) is 0 Å². The molecule has 0 saturated carbocycles. The Balaban J connectivity index is 2.03. The number of hydrogen-bond acceptors (Lipinski definition) is 3. The predicted molar refractivity (Wildman–Crippen MR) is 86.2 cm³/mol. The number of benzene rings is 2. The van der Waals surface area contributed by atoms with E-state index in [2.05, 4.69) is 5.32 Å². The van der Waals surface area contributed by atoms with Crippen molar-refractivity contribution in [3.8, 4) is 0 Å². The number of rotatable bonds is 5. The van der Waals surface area contributed by atoms with Crippen LogP contribution >= 0.6 is 23.2 Å². The molecule has 0 radical (unpaired) electrons. The van der Waals surface area contributed by atoms with Gasteiger partial charge in [0.2, 0.25) is 0 Å². The Morgan fingerprint density at radius 1 is 1.10 bits per heavy atom. The first-order chi connectivity index (χ1) is 10.1. The minimum atomic E-state index is -0.321. The summed E-state index contributed by atoms with van der Waals surface area (Å²) in [6.45, 7) is 2.66. The summed E-state index contributed by atoms with van der Waals surface area (Å²) in [6, 6.07) is 12.5. The molecule has 2 aromatic rings. The van der Waals surface area contributed by atoms with Crippen molar-refractivity contribution < 1.29 is 9.53 Å². The molecule has 110 valence electrons. The smallest absolute Gasteiger partial charge is 0.338 e. The first-order valence-electron chi connectivity index (χ1n) is 6.55. The van der Waals surface area contributed by atoms with Crippen LogP contribution in [-0.2, 0) is 11.3 Å². The highest BCUT2D eigenvalue weighted by molar-refractivity contribution is 6.36. The molecule has 0 spiro atoms. The fraction of sp³-hybridized carbons (Fsp3) is 0.188. The van der Waals surface area contributed by atoms with Gasteiger partial charge in [-0.3, -0.25) is 0 Å². The van der Waals surface area contributed by atoms with Crippen LogP contribution in [0.15, 0.2) is 42.5 Å². The molecule has 0 aliphatic carbocycles. The third-order valence-corrected chi connectivity index (χ3v) is 3.64. The van der Waals surface area contributed by atoms with E-state index in [9.17, 15) is 4.79 Å². The quantitative estimate of drug-likeness (QED) is 0.804. The van der Waals surface area contributed by atoms with Crippen LogP contribution in [0.1, 0.15) is 22.8 Å². The van der Waals surface area contributed by atoms with Gasteiger partial charge in [-0.25, -0.2) is 4.79 Å². The summed E-state index contributed by atoms with van der Waals surface area (Å²) < 4.78 is 4.93. The van der Waals surface area contributed by atoms with Crippen molar-refractivity contribution in [2.24, 2.45) is 0 Å². The third kappa shape index (κ3) is 4.13. The van der Waals surface area contributed by atoms with Gasteiger partial charge in [0, 0.05) is 27.8 Å². The van der Waals surface area contributed by atoms with Crippen LogP contribution < -0.4 is 5.32 Å². The summed E-state index contributed by atoms with van der Waals surface area (Å²) in [6.07, 6.45) is 0. The molecular weight excluding hydrogens is 309 g/mol. The van der Waals surface area contributed by atoms with Crippen molar-refractivity contribution in [2.45, 2.75) is 13.5 Å². The fourth-order valence-electron chi connectivity index (χ4n) is 1.83. The van der Waals surface area contributed by atoms with E-state index < -0.39 is 0 Å². The number of carbonyl (C=O) groups is 1. The molecule has 0 unspecified atom stereocenters. The van der Waals surface area contributed by atoms with Gasteiger partial charge >= 0.3 is 5.97 Å². The number of nitrogens with one attached hydrogen (secondary N) is 1. The molecule has 1 N–H and O–H groups in total. The highest BCUT2D eigenvalue weighted by Gasteiger charge is 2.07. The number of hydrogen-bond donors (Lipinski definition) is 1. The topological polar surface area (TPSA) is 38.3 Å². The molecule has 3 nitrogen and oxygen atoms in total. The Kier molecular flexibility index (Phi) is 5.48. The maximum Gasteiger partial charge on any atom is 0.338 e.